The van der Waals surface area contributed by atoms with E-state index in [1.807, 2.05) is 0 Å². The summed E-state index contributed by atoms with van der Waals surface area (Å²) in [6.07, 6.45) is 0. The molecule has 41 heavy (non-hydrogen) atoms. The van der Waals surface area contributed by atoms with E-state index in [0.717, 1.165) is 0 Å². The molecule has 210 valence electrons. The zero-order valence-corrected chi connectivity index (χ0v) is 29.4. The van der Waals surface area contributed by atoms with Crippen LogP contribution in [-0.4, -0.2) is 6.88 Å². The molecule has 0 aliphatic carbocycles. The van der Waals surface area contributed by atoms with Gasteiger partial charge in [0.1, 0.15) is 0 Å². The molecule has 0 heterocycles. The van der Waals surface area contributed by atoms with Gasteiger partial charge in [-0.15, -0.1) is 68.6 Å². The molecule has 0 saturated heterocycles. The first-order valence-electron chi connectivity index (χ1n) is 13.6. The van der Waals surface area contributed by atoms with E-state index in [1.54, 1.807) is 0 Å². The van der Waals surface area contributed by atoms with Crippen molar-refractivity contribution in [1.82, 2.24) is 0 Å². The molecule has 0 bridgehead atoms. The summed E-state index contributed by atoms with van der Waals surface area (Å²) in [5.41, 5.74) is 12.2. The molecule has 6 aromatic rings. The van der Waals surface area contributed by atoms with Crippen LogP contribution >= 0.6 is 0 Å². The maximum absolute atomic E-state index is 3.06. The van der Waals surface area contributed by atoms with Crippen LogP contribution < -0.4 is 0 Å². The van der Waals surface area contributed by atoms with E-state index in [1.165, 1.54) is 95.0 Å². The molecule has 0 aliphatic rings. The summed E-state index contributed by atoms with van der Waals surface area (Å²) in [5.74, 6) is 0.584. The van der Waals surface area contributed by atoms with E-state index in [9.17, 15) is 0 Å². The SMILES string of the molecule is CC(C)c1cc2c(-c3ccccc3)cccc2[cH-]1.Cc1cc2c(-c3cccc(C)c3C)ccc(C)c2[cH-]1.[CH3-].[CH3-].[Si]=[Zr]. The molecule has 0 amide bonds. The predicted molar refractivity (Wildman–Crippen MR) is 182 cm³/mol. The van der Waals surface area contributed by atoms with Gasteiger partial charge in [0.15, 0.2) is 0 Å². The number of rotatable bonds is 3. The van der Waals surface area contributed by atoms with Crippen molar-refractivity contribution in [3.63, 3.8) is 0 Å². The van der Waals surface area contributed by atoms with Crippen molar-refractivity contribution in [3.05, 3.63) is 146 Å². The molecule has 6 aromatic carbocycles. The van der Waals surface area contributed by atoms with Gasteiger partial charge >= 0.3 is 30.2 Å². The van der Waals surface area contributed by atoms with Crippen LogP contribution in [0.4, 0.5) is 0 Å². The molecule has 6 rings (SSSR count). The van der Waals surface area contributed by atoms with Crippen LogP contribution in [0.25, 0.3) is 43.8 Å². The van der Waals surface area contributed by atoms with Crippen LogP contribution in [0.1, 0.15) is 47.6 Å². The van der Waals surface area contributed by atoms with Crippen LogP contribution in [0.5, 0.6) is 0 Å². The minimum absolute atomic E-state index is 0. The van der Waals surface area contributed by atoms with Gasteiger partial charge in [-0.05, 0) is 42.0 Å². The molecule has 2 radical (unpaired) electrons. The maximum atomic E-state index is 3.06. The summed E-state index contributed by atoms with van der Waals surface area (Å²) in [5, 5.41) is 5.48. The van der Waals surface area contributed by atoms with Gasteiger partial charge in [-0.25, -0.2) is 0 Å². The Balaban J connectivity index is 0.000000259. The summed E-state index contributed by atoms with van der Waals surface area (Å²) in [4.78, 5) is 0. The third kappa shape index (κ3) is 7.54. The van der Waals surface area contributed by atoms with Gasteiger partial charge in [0.05, 0.1) is 0 Å². The summed E-state index contributed by atoms with van der Waals surface area (Å²) in [6, 6.07) is 37.5. The summed E-state index contributed by atoms with van der Waals surface area (Å²) >= 11 is 1.36. The third-order valence-corrected chi connectivity index (χ3v) is 7.67. The Hall–Kier alpha value is -2.80. The van der Waals surface area contributed by atoms with Crippen LogP contribution in [0.15, 0.2) is 103 Å². The monoisotopic (exact) mass is 628 g/mol. The minimum atomic E-state index is 0. The standard InChI is InChI=1S/C19H19.C18H17.2CH3.Si.Zr/c1-12-10-18-14(3)8-9-17(19(18)11-12)16-7-5-6-13(2)15(16)4;1-13(2)16-11-15-9-6-10-17(18(15)12-16)14-7-4-3-5-8-14;;;;/h5-11H,1-4H3;3-13H,1-2H3;2*1H3;;/q4*-1;;. The van der Waals surface area contributed by atoms with Crippen molar-refractivity contribution in [2.75, 3.05) is 0 Å². The second kappa shape index (κ2) is 15.4. The van der Waals surface area contributed by atoms with Gasteiger partial charge in [0, 0.05) is 0 Å². The first-order chi connectivity index (χ1) is 18.8. The molecule has 0 atom stereocenters. The van der Waals surface area contributed by atoms with E-state index >= 15 is 0 Å². The number of hydrogen-bond donors (Lipinski definition) is 0. The Labute approximate surface area is 265 Å². The van der Waals surface area contributed by atoms with Crippen LogP contribution in [0.2, 0.25) is 0 Å². The molecular formula is C39H42SiZr-4. The Morgan fingerprint density at radius 3 is 1.95 bits per heavy atom. The van der Waals surface area contributed by atoms with E-state index in [0.29, 0.717) is 5.92 Å². The fourth-order valence-corrected chi connectivity index (χ4v) is 5.33. The predicted octanol–water partition coefficient (Wildman–Crippen LogP) is 11.3. The van der Waals surface area contributed by atoms with Crippen molar-refractivity contribution in [1.29, 1.82) is 0 Å². The molecule has 0 fully saturated rings. The fraction of sp³-hybridized carbons (Fsp3) is 0.179. The van der Waals surface area contributed by atoms with E-state index < -0.39 is 0 Å². The zero-order valence-electron chi connectivity index (χ0n) is 25.9. The van der Waals surface area contributed by atoms with Crippen molar-refractivity contribution in [2.45, 2.75) is 47.5 Å². The van der Waals surface area contributed by atoms with Crippen molar-refractivity contribution in [3.8, 4) is 22.3 Å². The average Bonchev–Trinajstić information content (AvgIpc) is 3.57. The summed E-state index contributed by atoms with van der Waals surface area (Å²) in [7, 11) is 0. The van der Waals surface area contributed by atoms with E-state index in [2.05, 4.69) is 152 Å². The normalized spacial score (nSPS) is 10.2. The zero-order chi connectivity index (χ0) is 28.1. The molecular weight excluding hydrogens is 588 g/mol. The third-order valence-electron chi connectivity index (χ3n) is 7.67. The Morgan fingerprint density at radius 1 is 0.610 bits per heavy atom. The van der Waals surface area contributed by atoms with Gasteiger partial charge in [-0.2, -0.15) is 12.1 Å². The van der Waals surface area contributed by atoms with Crippen molar-refractivity contribution < 1.29 is 23.3 Å². The van der Waals surface area contributed by atoms with Gasteiger partial charge in [0.2, 0.25) is 0 Å². The fourth-order valence-electron chi connectivity index (χ4n) is 5.33. The van der Waals surface area contributed by atoms with Crippen LogP contribution in [-0.2, 0) is 23.3 Å². The van der Waals surface area contributed by atoms with Crippen LogP contribution in [0.3, 0.4) is 0 Å². The summed E-state index contributed by atoms with van der Waals surface area (Å²) < 4.78 is 0. The molecule has 0 unspecified atom stereocenters. The number of fused-ring (bicyclic) bond motifs is 2. The Bertz CT molecular complexity index is 1700. The van der Waals surface area contributed by atoms with Gasteiger partial charge < -0.3 is 14.9 Å². The molecule has 2 heteroatoms. The average molecular weight is 630 g/mol. The van der Waals surface area contributed by atoms with Crippen LogP contribution in [0, 0.1) is 42.5 Å². The molecule has 0 aromatic heterocycles. The van der Waals surface area contributed by atoms with Crippen molar-refractivity contribution >= 4 is 28.4 Å². The topological polar surface area (TPSA) is 0 Å². The Kier molecular flexibility index (Phi) is 13.0. The molecule has 0 spiro atoms. The number of aryl methyl sites for hydroxylation is 3. The molecule has 0 saturated carbocycles. The molecule has 0 aliphatic heterocycles. The van der Waals surface area contributed by atoms with Crippen molar-refractivity contribution in [2.24, 2.45) is 0 Å². The second-order valence-electron chi connectivity index (χ2n) is 10.7. The van der Waals surface area contributed by atoms with Gasteiger partial charge in [0.25, 0.3) is 0 Å². The van der Waals surface area contributed by atoms with E-state index in [-0.39, 0.29) is 14.9 Å². The number of hydrogen-bond acceptors (Lipinski definition) is 0. The molecule has 0 N–H and O–H groups in total. The quantitative estimate of drug-likeness (QED) is 0.135. The Morgan fingerprint density at radius 2 is 1.27 bits per heavy atom. The van der Waals surface area contributed by atoms with Gasteiger partial charge in [-0.3, -0.25) is 0 Å². The first kappa shape index (κ1) is 34.4. The van der Waals surface area contributed by atoms with Gasteiger partial charge in [-0.1, -0.05) is 99.5 Å². The second-order valence-corrected chi connectivity index (χ2v) is 10.7. The van der Waals surface area contributed by atoms with E-state index in [4.69, 9.17) is 0 Å². The first-order valence-corrected chi connectivity index (χ1v) is 17.7. The number of benzene rings is 4. The molecule has 0 nitrogen and oxygen atoms in total. The summed E-state index contributed by atoms with van der Waals surface area (Å²) in [6.45, 7) is 16.3.